The SMILES string of the molecule is CCOc1ccc(-c2nn3c(=O)c(C)nnc3s2)cc1. The maximum Gasteiger partial charge on any atom is 0.296 e. The predicted molar refractivity (Wildman–Crippen MR) is 76.3 cm³/mol. The number of aromatic nitrogens is 4. The molecule has 0 fully saturated rings. The van der Waals surface area contributed by atoms with Crippen LogP contribution in [0.4, 0.5) is 0 Å². The molecule has 7 heteroatoms. The van der Waals surface area contributed by atoms with Crippen molar-refractivity contribution in [2.75, 3.05) is 6.61 Å². The minimum Gasteiger partial charge on any atom is -0.494 e. The molecule has 20 heavy (non-hydrogen) atoms. The van der Waals surface area contributed by atoms with Gasteiger partial charge in [0.05, 0.1) is 6.61 Å². The van der Waals surface area contributed by atoms with Crippen LogP contribution in [0.5, 0.6) is 5.75 Å². The summed E-state index contributed by atoms with van der Waals surface area (Å²) in [5.41, 5.74) is 1.02. The van der Waals surface area contributed by atoms with Crippen molar-refractivity contribution in [3.63, 3.8) is 0 Å². The largest absolute Gasteiger partial charge is 0.494 e. The second-order valence-corrected chi connectivity index (χ2v) is 5.11. The van der Waals surface area contributed by atoms with Gasteiger partial charge in [-0.3, -0.25) is 4.79 Å². The third-order valence-electron chi connectivity index (χ3n) is 2.76. The van der Waals surface area contributed by atoms with Gasteiger partial charge in [-0.05, 0) is 38.1 Å². The quantitative estimate of drug-likeness (QED) is 0.736. The van der Waals surface area contributed by atoms with Gasteiger partial charge in [0, 0.05) is 5.56 Å². The van der Waals surface area contributed by atoms with E-state index in [-0.39, 0.29) is 5.56 Å². The molecule has 0 unspecified atom stereocenters. The van der Waals surface area contributed by atoms with E-state index in [1.807, 2.05) is 31.2 Å². The lowest BCUT2D eigenvalue weighted by molar-refractivity contribution is 0.340. The van der Waals surface area contributed by atoms with Gasteiger partial charge in [0.1, 0.15) is 16.5 Å². The zero-order chi connectivity index (χ0) is 14.1. The molecule has 102 valence electrons. The van der Waals surface area contributed by atoms with Crippen LogP contribution in [0.3, 0.4) is 0 Å². The van der Waals surface area contributed by atoms with Crippen LogP contribution < -0.4 is 10.3 Å². The summed E-state index contributed by atoms with van der Waals surface area (Å²) in [5.74, 6) is 0.810. The summed E-state index contributed by atoms with van der Waals surface area (Å²) in [6.45, 7) is 4.19. The second-order valence-electron chi connectivity index (χ2n) is 4.15. The normalized spacial score (nSPS) is 10.9. The van der Waals surface area contributed by atoms with Gasteiger partial charge in [-0.15, -0.1) is 10.2 Å². The summed E-state index contributed by atoms with van der Waals surface area (Å²) in [6, 6.07) is 7.58. The second kappa shape index (κ2) is 5.01. The average Bonchev–Trinajstić information content (AvgIpc) is 2.89. The highest BCUT2D eigenvalue weighted by Crippen LogP contribution is 2.25. The molecule has 0 radical (unpaired) electrons. The molecule has 1 aromatic carbocycles. The van der Waals surface area contributed by atoms with Crippen LogP contribution in [0.15, 0.2) is 29.1 Å². The topological polar surface area (TPSA) is 69.4 Å². The Morgan fingerprint density at radius 1 is 1.25 bits per heavy atom. The fourth-order valence-corrected chi connectivity index (χ4v) is 2.61. The van der Waals surface area contributed by atoms with Crippen LogP contribution in [0.25, 0.3) is 15.5 Å². The monoisotopic (exact) mass is 288 g/mol. The molecular weight excluding hydrogens is 276 g/mol. The zero-order valence-electron chi connectivity index (χ0n) is 11.0. The number of fused-ring (bicyclic) bond motifs is 1. The van der Waals surface area contributed by atoms with Crippen LogP contribution in [0, 0.1) is 6.92 Å². The predicted octanol–water partition coefficient (Wildman–Crippen LogP) is 1.92. The summed E-state index contributed by atoms with van der Waals surface area (Å²) in [5, 5.41) is 12.8. The third kappa shape index (κ3) is 2.16. The van der Waals surface area contributed by atoms with Crippen molar-refractivity contribution in [2.24, 2.45) is 0 Å². The van der Waals surface area contributed by atoms with Crippen LogP contribution in [-0.2, 0) is 0 Å². The highest BCUT2D eigenvalue weighted by Gasteiger charge is 2.10. The van der Waals surface area contributed by atoms with E-state index in [0.29, 0.717) is 17.3 Å². The smallest absolute Gasteiger partial charge is 0.296 e. The van der Waals surface area contributed by atoms with Crippen LogP contribution in [0.1, 0.15) is 12.6 Å². The van der Waals surface area contributed by atoms with Gasteiger partial charge in [0.2, 0.25) is 4.96 Å². The molecular formula is C13H12N4O2S. The Balaban J connectivity index is 2.06. The molecule has 6 nitrogen and oxygen atoms in total. The van der Waals surface area contributed by atoms with Gasteiger partial charge in [-0.1, -0.05) is 11.3 Å². The van der Waals surface area contributed by atoms with Crippen LogP contribution in [0.2, 0.25) is 0 Å². The first-order valence-electron chi connectivity index (χ1n) is 6.15. The summed E-state index contributed by atoms with van der Waals surface area (Å²) in [4.78, 5) is 12.4. The van der Waals surface area contributed by atoms with Crippen molar-refractivity contribution in [1.29, 1.82) is 0 Å². The van der Waals surface area contributed by atoms with E-state index in [9.17, 15) is 4.79 Å². The lowest BCUT2D eigenvalue weighted by Gasteiger charge is -2.02. The van der Waals surface area contributed by atoms with E-state index in [2.05, 4.69) is 15.3 Å². The van der Waals surface area contributed by atoms with E-state index in [0.717, 1.165) is 16.3 Å². The third-order valence-corrected chi connectivity index (χ3v) is 3.71. The molecule has 0 N–H and O–H groups in total. The molecule has 0 aliphatic heterocycles. The van der Waals surface area contributed by atoms with Crippen LogP contribution in [-0.4, -0.2) is 26.4 Å². The number of aryl methyl sites for hydroxylation is 1. The molecule has 0 aliphatic rings. The molecule has 3 rings (SSSR count). The molecule has 0 saturated heterocycles. The Bertz CT molecular complexity index is 807. The minimum atomic E-state index is -0.233. The first-order chi connectivity index (χ1) is 9.69. The summed E-state index contributed by atoms with van der Waals surface area (Å²) < 4.78 is 6.69. The van der Waals surface area contributed by atoms with Crippen molar-refractivity contribution in [1.82, 2.24) is 19.8 Å². The number of nitrogens with zero attached hydrogens (tertiary/aromatic N) is 4. The lowest BCUT2D eigenvalue weighted by atomic mass is 10.2. The highest BCUT2D eigenvalue weighted by atomic mass is 32.1. The van der Waals surface area contributed by atoms with E-state index in [4.69, 9.17) is 4.74 Å². The molecule has 0 amide bonds. The molecule has 2 aromatic heterocycles. The standard InChI is InChI=1S/C13H12N4O2S/c1-3-19-10-6-4-9(5-7-10)11-16-17-12(18)8(2)14-15-13(17)20-11/h4-7H,3H2,1-2H3. The van der Waals surface area contributed by atoms with Crippen molar-refractivity contribution in [3.05, 3.63) is 40.3 Å². The fourth-order valence-electron chi connectivity index (χ4n) is 1.77. The summed E-state index contributed by atoms with van der Waals surface area (Å²) >= 11 is 1.33. The number of rotatable bonds is 3. The maximum atomic E-state index is 11.9. The number of ether oxygens (including phenoxy) is 1. The molecule has 0 aliphatic carbocycles. The van der Waals surface area contributed by atoms with Crippen molar-refractivity contribution < 1.29 is 4.74 Å². The van der Waals surface area contributed by atoms with E-state index in [1.54, 1.807) is 6.92 Å². The average molecular weight is 288 g/mol. The first kappa shape index (κ1) is 12.7. The molecule has 2 heterocycles. The highest BCUT2D eigenvalue weighted by molar-refractivity contribution is 7.19. The molecule has 0 bridgehead atoms. The van der Waals surface area contributed by atoms with E-state index in [1.165, 1.54) is 15.9 Å². The van der Waals surface area contributed by atoms with Crippen molar-refractivity contribution in [2.45, 2.75) is 13.8 Å². The maximum absolute atomic E-state index is 11.9. The van der Waals surface area contributed by atoms with Gasteiger partial charge in [0.15, 0.2) is 0 Å². The van der Waals surface area contributed by atoms with Gasteiger partial charge in [0.25, 0.3) is 5.56 Å². The van der Waals surface area contributed by atoms with Crippen molar-refractivity contribution >= 4 is 16.3 Å². The number of benzene rings is 1. The van der Waals surface area contributed by atoms with Crippen LogP contribution >= 0.6 is 11.3 Å². The Hall–Kier alpha value is -2.28. The Labute approximate surface area is 118 Å². The van der Waals surface area contributed by atoms with Crippen molar-refractivity contribution in [3.8, 4) is 16.3 Å². The van der Waals surface area contributed by atoms with E-state index >= 15 is 0 Å². The van der Waals surface area contributed by atoms with E-state index < -0.39 is 0 Å². The summed E-state index contributed by atoms with van der Waals surface area (Å²) in [6.07, 6.45) is 0. The molecule has 0 atom stereocenters. The zero-order valence-corrected chi connectivity index (χ0v) is 11.8. The summed E-state index contributed by atoms with van der Waals surface area (Å²) in [7, 11) is 0. The van der Waals surface area contributed by atoms with Gasteiger partial charge in [-0.25, -0.2) is 0 Å². The minimum absolute atomic E-state index is 0.233. The molecule has 0 spiro atoms. The number of hydrogen-bond donors (Lipinski definition) is 0. The fraction of sp³-hybridized carbons (Fsp3) is 0.231. The Morgan fingerprint density at radius 2 is 2.00 bits per heavy atom. The van der Waals surface area contributed by atoms with Gasteiger partial charge < -0.3 is 4.74 Å². The lowest BCUT2D eigenvalue weighted by Crippen LogP contribution is -2.19. The first-order valence-corrected chi connectivity index (χ1v) is 6.97. The van der Waals surface area contributed by atoms with Gasteiger partial charge in [-0.2, -0.15) is 9.61 Å². The van der Waals surface area contributed by atoms with Gasteiger partial charge >= 0.3 is 0 Å². The Morgan fingerprint density at radius 3 is 2.70 bits per heavy atom. The Kier molecular flexibility index (Phi) is 3.19. The molecule has 3 aromatic rings. The number of hydrogen-bond acceptors (Lipinski definition) is 6. The molecule has 0 saturated carbocycles.